The van der Waals surface area contributed by atoms with Gasteiger partial charge in [0, 0.05) is 31.6 Å². The molecule has 114 valence electrons. The standard InChI is InChI=1S/C15H16N4O3/c1-22-13-3-2-10-14(18-13)11(4-6-17-10)19-7-5-9(20)8-12(19)15(16)21/h2-4,6,12H,5,7-8H2,1H3,(H2,16,21). The molecular weight excluding hydrogens is 284 g/mol. The van der Waals surface area contributed by atoms with Crippen LogP contribution in [0.3, 0.4) is 0 Å². The number of primary amides is 1. The van der Waals surface area contributed by atoms with Gasteiger partial charge in [-0.3, -0.25) is 14.6 Å². The predicted octanol–water partition coefficient (Wildman–Crippen LogP) is 0.662. The average molecular weight is 300 g/mol. The van der Waals surface area contributed by atoms with Crippen LogP contribution < -0.4 is 15.4 Å². The van der Waals surface area contributed by atoms with E-state index in [1.807, 2.05) is 4.90 Å². The zero-order chi connectivity index (χ0) is 15.7. The summed E-state index contributed by atoms with van der Waals surface area (Å²) in [6.07, 6.45) is 2.17. The fraction of sp³-hybridized carbons (Fsp3) is 0.333. The van der Waals surface area contributed by atoms with Crippen molar-refractivity contribution in [3.8, 4) is 5.88 Å². The number of nitrogens with two attached hydrogens (primary N) is 1. The molecule has 1 amide bonds. The van der Waals surface area contributed by atoms with E-state index in [2.05, 4.69) is 9.97 Å². The number of pyridine rings is 2. The Labute approximate surface area is 127 Å². The molecule has 2 N–H and O–H groups in total. The number of hydrogen-bond acceptors (Lipinski definition) is 6. The Morgan fingerprint density at radius 2 is 2.23 bits per heavy atom. The van der Waals surface area contributed by atoms with E-state index in [0.717, 1.165) is 5.69 Å². The summed E-state index contributed by atoms with van der Waals surface area (Å²) >= 11 is 0. The third-order valence-electron chi connectivity index (χ3n) is 3.81. The van der Waals surface area contributed by atoms with Crippen molar-refractivity contribution in [1.29, 1.82) is 0 Å². The number of nitrogens with zero attached hydrogens (tertiary/aromatic N) is 3. The molecule has 1 unspecified atom stereocenters. The van der Waals surface area contributed by atoms with Gasteiger partial charge in [0.2, 0.25) is 11.8 Å². The van der Waals surface area contributed by atoms with Crippen LogP contribution in [-0.4, -0.2) is 41.4 Å². The second kappa shape index (κ2) is 5.59. The lowest BCUT2D eigenvalue weighted by Crippen LogP contribution is -2.50. The van der Waals surface area contributed by atoms with Crippen LogP contribution in [0.2, 0.25) is 0 Å². The first-order valence-corrected chi connectivity index (χ1v) is 6.97. The van der Waals surface area contributed by atoms with Crippen LogP contribution in [0.1, 0.15) is 12.8 Å². The van der Waals surface area contributed by atoms with Crippen LogP contribution in [0.15, 0.2) is 24.4 Å². The van der Waals surface area contributed by atoms with Crippen molar-refractivity contribution in [3.05, 3.63) is 24.4 Å². The van der Waals surface area contributed by atoms with E-state index in [1.165, 1.54) is 7.11 Å². The lowest BCUT2D eigenvalue weighted by molar-refractivity contribution is -0.126. The first kappa shape index (κ1) is 14.2. The minimum absolute atomic E-state index is 0.0453. The summed E-state index contributed by atoms with van der Waals surface area (Å²) in [5.41, 5.74) is 7.52. The minimum atomic E-state index is -0.653. The Bertz CT molecular complexity index is 747. The van der Waals surface area contributed by atoms with E-state index in [-0.39, 0.29) is 12.2 Å². The molecule has 3 heterocycles. The van der Waals surface area contributed by atoms with Crippen LogP contribution in [0.25, 0.3) is 11.0 Å². The van der Waals surface area contributed by atoms with Crippen LogP contribution in [0.4, 0.5) is 5.69 Å². The Kier molecular flexibility index (Phi) is 3.62. The number of fused-ring (bicyclic) bond motifs is 1. The summed E-state index contributed by atoms with van der Waals surface area (Å²) in [6.45, 7) is 0.435. The number of piperidine rings is 1. The van der Waals surface area contributed by atoms with Crippen LogP contribution in [0.5, 0.6) is 5.88 Å². The molecule has 0 saturated carbocycles. The maximum absolute atomic E-state index is 11.7. The van der Waals surface area contributed by atoms with E-state index >= 15 is 0 Å². The SMILES string of the molecule is COc1ccc2nccc(N3CCC(=O)CC3C(N)=O)c2n1. The van der Waals surface area contributed by atoms with Gasteiger partial charge in [0.25, 0.3) is 0 Å². The fourth-order valence-electron chi connectivity index (χ4n) is 2.71. The molecule has 1 fully saturated rings. The van der Waals surface area contributed by atoms with Gasteiger partial charge in [-0.1, -0.05) is 0 Å². The molecule has 2 aromatic heterocycles. The largest absolute Gasteiger partial charge is 0.481 e. The van der Waals surface area contributed by atoms with Gasteiger partial charge in [0.15, 0.2) is 0 Å². The quantitative estimate of drug-likeness (QED) is 0.894. The highest BCUT2D eigenvalue weighted by Gasteiger charge is 2.32. The van der Waals surface area contributed by atoms with Gasteiger partial charge in [-0.2, -0.15) is 0 Å². The molecule has 3 rings (SSSR count). The zero-order valence-electron chi connectivity index (χ0n) is 12.2. The first-order chi connectivity index (χ1) is 10.6. The summed E-state index contributed by atoms with van der Waals surface area (Å²) in [7, 11) is 1.54. The smallest absolute Gasteiger partial charge is 0.240 e. The van der Waals surface area contributed by atoms with Gasteiger partial charge in [-0.25, -0.2) is 4.98 Å². The fourth-order valence-corrected chi connectivity index (χ4v) is 2.71. The molecule has 0 radical (unpaired) electrons. The second-order valence-electron chi connectivity index (χ2n) is 5.16. The van der Waals surface area contributed by atoms with E-state index in [0.29, 0.717) is 29.9 Å². The third-order valence-corrected chi connectivity index (χ3v) is 3.81. The molecule has 1 saturated heterocycles. The lowest BCUT2D eigenvalue weighted by atomic mass is 9.99. The number of Topliss-reactive ketones (excluding diaryl/α,β-unsaturated/α-hetero) is 1. The Hall–Kier alpha value is -2.70. The number of rotatable bonds is 3. The van der Waals surface area contributed by atoms with Crippen molar-refractivity contribution in [3.63, 3.8) is 0 Å². The highest BCUT2D eigenvalue weighted by Crippen LogP contribution is 2.30. The number of hydrogen-bond donors (Lipinski definition) is 1. The van der Waals surface area contributed by atoms with E-state index in [9.17, 15) is 9.59 Å². The van der Waals surface area contributed by atoms with E-state index < -0.39 is 11.9 Å². The number of carbonyl (C=O) groups excluding carboxylic acids is 2. The van der Waals surface area contributed by atoms with Crippen LogP contribution >= 0.6 is 0 Å². The predicted molar refractivity (Wildman–Crippen MR) is 80.7 cm³/mol. The zero-order valence-corrected chi connectivity index (χ0v) is 12.2. The Balaban J connectivity index is 2.11. The number of anilines is 1. The maximum Gasteiger partial charge on any atom is 0.240 e. The van der Waals surface area contributed by atoms with E-state index in [1.54, 1.807) is 24.4 Å². The van der Waals surface area contributed by atoms with Gasteiger partial charge in [0.1, 0.15) is 17.3 Å². The number of aromatic nitrogens is 2. The minimum Gasteiger partial charge on any atom is -0.481 e. The molecule has 1 aliphatic heterocycles. The van der Waals surface area contributed by atoms with Crippen molar-refractivity contribution < 1.29 is 14.3 Å². The van der Waals surface area contributed by atoms with Gasteiger partial charge in [-0.15, -0.1) is 0 Å². The van der Waals surface area contributed by atoms with Gasteiger partial charge in [0.05, 0.1) is 18.3 Å². The third kappa shape index (κ3) is 2.45. The summed E-state index contributed by atoms with van der Waals surface area (Å²) in [4.78, 5) is 33.9. The van der Waals surface area contributed by atoms with Crippen LogP contribution in [-0.2, 0) is 9.59 Å². The molecule has 0 spiro atoms. The summed E-state index contributed by atoms with van der Waals surface area (Å²) < 4.78 is 5.15. The number of carbonyl (C=O) groups is 2. The highest BCUT2D eigenvalue weighted by atomic mass is 16.5. The number of ether oxygens (including phenoxy) is 1. The van der Waals surface area contributed by atoms with Crippen molar-refractivity contribution >= 4 is 28.4 Å². The van der Waals surface area contributed by atoms with Gasteiger partial charge >= 0.3 is 0 Å². The normalized spacial score (nSPS) is 18.5. The number of amides is 1. The lowest BCUT2D eigenvalue weighted by Gasteiger charge is -2.35. The van der Waals surface area contributed by atoms with Crippen LogP contribution in [0, 0.1) is 0 Å². The topological polar surface area (TPSA) is 98.4 Å². The molecular formula is C15H16N4O3. The number of ketones is 1. The summed E-state index contributed by atoms with van der Waals surface area (Å²) in [6, 6.07) is 4.66. The van der Waals surface area contributed by atoms with Gasteiger partial charge < -0.3 is 15.4 Å². The maximum atomic E-state index is 11.7. The van der Waals surface area contributed by atoms with Gasteiger partial charge in [-0.05, 0) is 12.1 Å². The highest BCUT2D eigenvalue weighted by molar-refractivity contribution is 5.96. The summed E-state index contributed by atoms with van der Waals surface area (Å²) in [5.74, 6) is -0.00433. The molecule has 22 heavy (non-hydrogen) atoms. The first-order valence-electron chi connectivity index (χ1n) is 6.97. The summed E-state index contributed by atoms with van der Waals surface area (Å²) in [5, 5.41) is 0. The van der Waals surface area contributed by atoms with Crippen molar-refractivity contribution in [2.45, 2.75) is 18.9 Å². The van der Waals surface area contributed by atoms with Crippen molar-refractivity contribution in [2.75, 3.05) is 18.6 Å². The Morgan fingerprint density at radius 1 is 1.41 bits per heavy atom. The molecule has 1 aliphatic rings. The molecule has 0 bridgehead atoms. The monoisotopic (exact) mass is 300 g/mol. The molecule has 1 atom stereocenters. The molecule has 0 aromatic carbocycles. The molecule has 2 aromatic rings. The van der Waals surface area contributed by atoms with Crippen molar-refractivity contribution in [1.82, 2.24) is 9.97 Å². The molecule has 0 aliphatic carbocycles. The number of methoxy groups -OCH3 is 1. The molecule has 7 heteroatoms. The molecule has 7 nitrogen and oxygen atoms in total. The van der Waals surface area contributed by atoms with E-state index in [4.69, 9.17) is 10.5 Å². The second-order valence-corrected chi connectivity index (χ2v) is 5.16. The average Bonchev–Trinajstić information content (AvgIpc) is 2.53. The van der Waals surface area contributed by atoms with Crippen molar-refractivity contribution in [2.24, 2.45) is 5.73 Å². The Morgan fingerprint density at radius 3 is 2.95 bits per heavy atom.